The number of rotatable bonds is 6. The van der Waals surface area contributed by atoms with Crippen LogP contribution in [-0.2, 0) is 6.54 Å². The van der Waals surface area contributed by atoms with Crippen molar-refractivity contribution >= 4 is 17.4 Å². The van der Waals surface area contributed by atoms with Gasteiger partial charge in [-0.25, -0.2) is 4.98 Å². The first-order chi connectivity index (χ1) is 8.22. The van der Waals surface area contributed by atoms with E-state index in [4.69, 9.17) is 11.6 Å². The van der Waals surface area contributed by atoms with Gasteiger partial charge in [-0.2, -0.15) is 0 Å². The average Bonchev–Trinajstić information content (AvgIpc) is 3.15. The van der Waals surface area contributed by atoms with Crippen molar-refractivity contribution in [2.45, 2.75) is 38.8 Å². The third-order valence-corrected chi connectivity index (χ3v) is 3.42. The molecule has 1 aliphatic rings. The maximum atomic E-state index is 6.15. The van der Waals surface area contributed by atoms with E-state index in [1.54, 1.807) is 0 Å². The van der Waals surface area contributed by atoms with E-state index in [-0.39, 0.29) is 0 Å². The van der Waals surface area contributed by atoms with Crippen molar-refractivity contribution in [2.75, 3.05) is 18.5 Å². The maximum absolute atomic E-state index is 6.15. The van der Waals surface area contributed by atoms with Crippen LogP contribution in [0.5, 0.6) is 0 Å². The molecule has 0 spiro atoms. The van der Waals surface area contributed by atoms with Gasteiger partial charge in [0.05, 0.1) is 10.7 Å². The lowest BCUT2D eigenvalue weighted by Gasteiger charge is -2.18. The second-order valence-electron chi connectivity index (χ2n) is 4.62. The minimum atomic E-state index is 0.681. The fraction of sp³-hybridized carbons (Fsp3) is 0.615. The number of nitrogens with one attached hydrogen (secondary N) is 1. The number of nitrogens with zero attached hydrogens (tertiary/aromatic N) is 2. The van der Waals surface area contributed by atoms with Crippen molar-refractivity contribution in [1.29, 1.82) is 0 Å². The summed E-state index contributed by atoms with van der Waals surface area (Å²) in [6.07, 6.45) is 3.69. The lowest BCUT2D eigenvalue weighted by molar-refractivity contribution is 0.663. The zero-order valence-corrected chi connectivity index (χ0v) is 11.3. The van der Waals surface area contributed by atoms with Gasteiger partial charge in [-0.3, -0.25) is 0 Å². The van der Waals surface area contributed by atoms with E-state index >= 15 is 0 Å². The average molecular weight is 254 g/mol. The summed E-state index contributed by atoms with van der Waals surface area (Å²) >= 11 is 6.15. The molecule has 2 rings (SSSR count). The number of anilines is 1. The highest BCUT2D eigenvalue weighted by Crippen LogP contribution is 2.30. The van der Waals surface area contributed by atoms with Crippen LogP contribution in [0.25, 0.3) is 0 Å². The molecule has 0 atom stereocenters. The van der Waals surface area contributed by atoms with E-state index in [2.05, 4.69) is 29.2 Å². The van der Waals surface area contributed by atoms with Gasteiger partial charge in [0, 0.05) is 19.6 Å². The van der Waals surface area contributed by atoms with Gasteiger partial charge < -0.3 is 10.2 Å². The summed E-state index contributed by atoms with van der Waals surface area (Å²) < 4.78 is 0. The topological polar surface area (TPSA) is 28.2 Å². The molecule has 0 amide bonds. The van der Waals surface area contributed by atoms with Gasteiger partial charge in [-0.15, -0.1) is 0 Å². The fourth-order valence-electron chi connectivity index (χ4n) is 1.83. The molecule has 0 saturated heterocycles. The molecule has 4 heteroatoms. The predicted octanol–water partition coefficient (Wildman–Crippen LogP) is 2.83. The van der Waals surface area contributed by atoms with Crippen molar-refractivity contribution in [1.82, 2.24) is 10.3 Å². The normalized spacial score (nSPS) is 15.0. The van der Waals surface area contributed by atoms with Crippen molar-refractivity contribution in [3.05, 3.63) is 22.8 Å². The van der Waals surface area contributed by atoms with Crippen LogP contribution in [0.1, 0.15) is 31.9 Å². The van der Waals surface area contributed by atoms with Gasteiger partial charge in [0.1, 0.15) is 5.82 Å². The van der Waals surface area contributed by atoms with E-state index in [1.165, 1.54) is 12.8 Å². The van der Waals surface area contributed by atoms with E-state index in [0.29, 0.717) is 6.04 Å². The predicted molar refractivity (Wildman–Crippen MR) is 72.7 cm³/mol. The van der Waals surface area contributed by atoms with Crippen molar-refractivity contribution in [3.63, 3.8) is 0 Å². The fourth-order valence-corrected chi connectivity index (χ4v) is 2.00. The molecule has 1 saturated carbocycles. The molecule has 1 heterocycles. The molecule has 3 nitrogen and oxygen atoms in total. The molecule has 0 unspecified atom stereocenters. The monoisotopic (exact) mass is 253 g/mol. The van der Waals surface area contributed by atoms with Crippen LogP contribution < -0.4 is 10.2 Å². The van der Waals surface area contributed by atoms with Crippen LogP contribution in [0.15, 0.2) is 12.1 Å². The van der Waals surface area contributed by atoms with E-state index in [9.17, 15) is 0 Å². The number of hydrogen-bond acceptors (Lipinski definition) is 3. The molecule has 1 aliphatic carbocycles. The Bertz CT molecular complexity index is 377. The maximum Gasteiger partial charge on any atom is 0.128 e. The molecule has 0 aromatic carbocycles. The number of hydrogen-bond donors (Lipinski definition) is 1. The molecule has 17 heavy (non-hydrogen) atoms. The molecule has 0 aliphatic heterocycles. The van der Waals surface area contributed by atoms with E-state index < -0.39 is 0 Å². The summed E-state index contributed by atoms with van der Waals surface area (Å²) in [6, 6.07) is 4.63. The minimum Gasteiger partial charge on any atom is -0.357 e. The van der Waals surface area contributed by atoms with Gasteiger partial charge in [-0.1, -0.05) is 18.5 Å². The van der Waals surface area contributed by atoms with Crippen molar-refractivity contribution in [2.24, 2.45) is 0 Å². The molecular formula is C13H20ClN3. The molecular weight excluding hydrogens is 234 g/mol. The molecule has 1 aromatic heterocycles. The highest BCUT2D eigenvalue weighted by atomic mass is 35.5. The van der Waals surface area contributed by atoms with Gasteiger partial charge in [0.15, 0.2) is 0 Å². The Kier molecular flexibility index (Phi) is 4.24. The Balaban J connectivity index is 2.05. The first-order valence-corrected chi connectivity index (χ1v) is 6.69. The van der Waals surface area contributed by atoms with Crippen LogP contribution >= 0.6 is 11.6 Å². The minimum absolute atomic E-state index is 0.681. The van der Waals surface area contributed by atoms with Gasteiger partial charge >= 0.3 is 0 Å². The largest absolute Gasteiger partial charge is 0.357 e. The van der Waals surface area contributed by atoms with Crippen LogP contribution in [0, 0.1) is 0 Å². The molecule has 0 bridgehead atoms. The number of pyridine rings is 1. The summed E-state index contributed by atoms with van der Waals surface area (Å²) in [5.74, 6) is 1.03. The lowest BCUT2D eigenvalue weighted by Crippen LogP contribution is -2.22. The summed E-state index contributed by atoms with van der Waals surface area (Å²) in [5.41, 5.74) is 0.949. The molecule has 1 fully saturated rings. The Morgan fingerprint density at radius 2 is 2.24 bits per heavy atom. The Morgan fingerprint density at radius 3 is 2.88 bits per heavy atom. The second kappa shape index (κ2) is 5.69. The van der Waals surface area contributed by atoms with Crippen molar-refractivity contribution in [3.8, 4) is 0 Å². The van der Waals surface area contributed by atoms with Crippen LogP contribution in [0.2, 0.25) is 5.02 Å². The number of aromatic nitrogens is 1. The van der Waals surface area contributed by atoms with E-state index in [0.717, 1.165) is 36.0 Å². The second-order valence-corrected chi connectivity index (χ2v) is 5.02. The highest BCUT2D eigenvalue weighted by Gasteiger charge is 2.27. The molecule has 1 N–H and O–H groups in total. The summed E-state index contributed by atoms with van der Waals surface area (Å²) in [6.45, 7) is 3.90. The summed E-state index contributed by atoms with van der Waals surface area (Å²) in [4.78, 5) is 6.89. The van der Waals surface area contributed by atoms with Crippen LogP contribution in [0.4, 0.5) is 5.82 Å². The van der Waals surface area contributed by atoms with E-state index in [1.807, 2.05) is 12.1 Å². The molecule has 1 aromatic rings. The van der Waals surface area contributed by atoms with Gasteiger partial charge in [0.25, 0.3) is 0 Å². The Morgan fingerprint density at radius 1 is 1.47 bits per heavy atom. The Hall–Kier alpha value is -0.800. The quantitative estimate of drug-likeness (QED) is 0.791. The lowest BCUT2D eigenvalue weighted by atomic mass is 10.3. The smallest absolute Gasteiger partial charge is 0.128 e. The van der Waals surface area contributed by atoms with Gasteiger partial charge in [0.2, 0.25) is 0 Å². The SMILES string of the molecule is CCCNCc1nc(N(C)C2CC2)ccc1Cl. The van der Waals surface area contributed by atoms with Crippen molar-refractivity contribution < 1.29 is 0 Å². The summed E-state index contributed by atoms with van der Waals surface area (Å²) in [7, 11) is 2.11. The summed E-state index contributed by atoms with van der Waals surface area (Å²) in [5, 5.41) is 4.09. The Labute approximate surface area is 108 Å². The standard InChI is InChI=1S/C13H20ClN3/c1-3-8-15-9-12-11(14)6-7-13(16-12)17(2)10-4-5-10/h6-7,10,15H,3-5,8-9H2,1-2H3. The first-order valence-electron chi connectivity index (χ1n) is 6.31. The zero-order chi connectivity index (χ0) is 12.3. The third-order valence-electron chi connectivity index (χ3n) is 3.08. The van der Waals surface area contributed by atoms with Gasteiger partial charge in [-0.05, 0) is 37.9 Å². The van der Waals surface area contributed by atoms with Crippen LogP contribution in [-0.4, -0.2) is 24.6 Å². The molecule has 94 valence electrons. The molecule has 0 radical (unpaired) electrons. The highest BCUT2D eigenvalue weighted by molar-refractivity contribution is 6.31. The number of halogens is 1. The third kappa shape index (κ3) is 3.33. The first kappa shape index (κ1) is 12.7. The van der Waals surface area contributed by atoms with Crippen LogP contribution in [0.3, 0.4) is 0 Å². The zero-order valence-electron chi connectivity index (χ0n) is 10.5.